The molecule has 0 radical (unpaired) electrons. The molecule has 1 N–H and O–H groups in total. The van der Waals surface area contributed by atoms with Gasteiger partial charge in [-0.1, -0.05) is 55.5 Å². The van der Waals surface area contributed by atoms with Crippen molar-refractivity contribution in [2.75, 3.05) is 0 Å². The lowest BCUT2D eigenvalue weighted by Gasteiger charge is -2.18. The molecule has 4 nitrogen and oxygen atoms in total. The first-order valence-electron chi connectivity index (χ1n) is 9.74. The molecule has 146 valence electrons. The molecule has 0 aliphatic heterocycles. The van der Waals surface area contributed by atoms with Crippen molar-refractivity contribution in [1.82, 2.24) is 5.32 Å². The predicted molar refractivity (Wildman–Crippen MR) is 113 cm³/mol. The van der Waals surface area contributed by atoms with Crippen LogP contribution in [0.4, 0.5) is 0 Å². The Morgan fingerprint density at radius 1 is 0.929 bits per heavy atom. The number of ether oxygens (including phenoxy) is 2. The summed E-state index contributed by atoms with van der Waals surface area (Å²) in [7, 11) is 0. The molecule has 0 heterocycles. The predicted octanol–water partition coefficient (Wildman–Crippen LogP) is 5.10. The first kappa shape index (κ1) is 19.7. The van der Waals surface area contributed by atoms with Gasteiger partial charge in [0, 0.05) is 11.9 Å². The Bertz CT molecular complexity index is 913. The number of nitrogens with one attached hydrogen (secondary N) is 1. The summed E-state index contributed by atoms with van der Waals surface area (Å²) in [6, 6.07) is 21.7. The SMILES string of the molecule is CC[C@H](Oc1cccc2ccccc12)C(=O)NCc1ccc(OC(C)C)cc1. The van der Waals surface area contributed by atoms with Crippen molar-refractivity contribution in [3.05, 3.63) is 72.3 Å². The van der Waals surface area contributed by atoms with Crippen LogP contribution in [0.25, 0.3) is 10.8 Å². The second-order valence-corrected chi connectivity index (χ2v) is 7.02. The molecule has 0 unspecified atom stereocenters. The van der Waals surface area contributed by atoms with Crippen LogP contribution in [-0.2, 0) is 11.3 Å². The Hall–Kier alpha value is -3.01. The van der Waals surface area contributed by atoms with Crippen molar-refractivity contribution >= 4 is 16.7 Å². The molecule has 0 aliphatic carbocycles. The lowest BCUT2D eigenvalue weighted by atomic mass is 10.1. The second kappa shape index (κ2) is 9.27. The molecule has 0 aliphatic rings. The van der Waals surface area contributed by atoms with Gasteiger partial charge in [0.2, 0.25) is 0 Å². The van der Waals surface area contributed by atoms with E-state index in [9.17, 15) is 4.79 Å². The fraction of sp³-hybridized carbons (Fsp3) is 0.292. The van der Waals surface area contributed by atoms with Crippen molar-refractivity contribution in [3.8, 4) is 11.5 Å². The highest BCUT2D eigenvalue weighted by atomic mass is 16.5. The highest BCUT2D eigenvalue weighted by molar-refractivity contribution is 5.89. The fourth-order valence-electron chi connectivity index (χ4n) is 3.04. The maximum Gasteiger partial charge on any atom is 0.261 e. The van der Waals surface area contributed by atoms with Crippen molar-refractivity contribution in [2.24, 2.45) is 0 Å². The number of hydrogen-bond acceptors (Lipinski definition) is 3. The zero-order chi connectivity index (χ0) is 19.9. The van der Waals surface area contributed by atoms with Crippen LogP contribution in [-0.4, -0.2) is 18.1 Å². The average Bonchev–Trinajstić information content (AvgIpc) is 2.71. The van der Waals surface area contributed by atoms with Gasteiger partial charge in [0.05, 0.1) is 6.10 Å². The minimum Gasteiger partial charge on any atom is -0.491 e. The Balaban J connectivity index is 1.62. The topological polar surface area (TPSA) is 47.6 Å². The minimum absolute atomic E-state index is 0.113. The lowest BCUT2D eigenvalue weighted by Crippen LogP contribution is -2.37. The van der Waals surface area contributed by atoms with Crippen LogP contribution < -0.4 is 14.8 Å². The van der Waals surface area contributed by atoms with Gasteiger partial charge in [-0.25, -0.2) is 0 Å². The van der Waals surface area contributed by atoms with Gasteiger partial charge >= 0.3 is 0 Å². The third-order valence-electron chi connectivity index (χ3n) is 4.44. The van der Waals surface area contributed by atoms with Crippen LogP contribution in [0.3, 0.4) is 0 Å². The molecule has 0 saturated carbocycles. The maximum atomic E-state index is 12.6. The van der Waals surface area contributed by atoms with Crippen molar-refractivity contribution in [2.45, 2.75) is 45.9 Å². The second-order valence-electron chi connectivity index (χ2n) is 7.02. The van der Waals surface area contributed by atoms with Gasteiger partial charge in [-0.3, -0.25) is 4.79 Å². The number of rotatable bonds is 8. The Kier molecular flexibility index (Phi) is 6.53. The molecular formula is C24H27NO3. The third-order valence-corrected chi connectivity index (χ3v) is 4.44. The Labute approximate surface area is 166 Å². The van der Waals surface area contributed by atoms with E-state index in [0.717, 1.165) is 27.8 Å². The summed E-state index contributed by atoms with van der Waals surface area (Å²) in [5, 5.41) is 5.08. The Morgan fingerprint density at radius 3 is 2.36 bits per heavy atom. The van der Waals surface area contributed by atoms with Gasteiger partial charge in [-0.2, -0.15) is 0 Å². The largest absolute Gasteiger partial charge is 0.491 e. The molecule has 1 atom stereocenters. The number of fused-ring (bicyclic) bond motifs is 1. The number of amides is 1. The first-order valence-corrected chi connectivity index (χ1v) is 9.74. The van der Waals surface area contributed by atoms with Crippen LogP contribution in [0, 0.1) is 0 Å². The van der Waals surface area contributed by atoms with E-state index in [2.05, 4.69) is 5.32 Å². The van der Waals surface area contributed by atoms with Gasteiger partial charge < -0.3 is 14.8 Å². The maximum absolute atomic E-state index is 12.6. The van der Waals surface area contributed by atoms with Crippen molar-refractivity contribution in [1.29, 1.82) is 0 Å². The molecule has 3 rings (SSSR count). The summed E-state index contributed by atoms with van der Waals surface area (Å²) in [4.78, 5) is 12.6. The summed E-state index contributed by atoms with van der Waals surface area (Å²) in [5.74, 6) is 1.45. The van der Waals surface area contributed by atoms with Crippen LogP contribution in [0.5, 0.6) is 11.5 Å². The highest BCUT2D eigenvalue weighted by Gasteiger charge is 2.19. The average molecular weight is 377 g/mol. The zero-order valence-electron chi connectivity index (χ0n) is 16.6. The number of benzene rings is 3. The van der Waals surface area contributed by atoms with Gasteiger partial charge in [0.15, 0.2) is 6.10 Å². The van der Waals surface area contributed by atoms with Crippen molar-refractivity contribution in [3.63, 3.8) is 0 Å². The van der Waals surface area contributed by atoms with E-state index in [0.29, 0.717) is 13.0 Å². The molecule has 4 heteroatoms. The molecule has 0 aromatic heterocycles. The molecule has 3 aromatic carbocycles. The fourth-order valence-corrected chi connectivity index (χ4v) is 3.04. The van der Waals surface area contributed by atoms with Crippen LogP contribution in [0.2, 0.25) is 0 Å². The van der Waals surface area contributed by atoms with E-state index in [1.54, 1.807) is 0 Å². The number of carbonyl (C=O) groups is 1. The number of hydrogen-bond donors (Lipinski definition) is 1. The monoisotopic (exact) mass is 377 g/mol. The molecule has 0 saturated heterocycles. The Morgan fingerprint density at radius 2 is 1.64 bits per heavy atom. The van der Waals surface area contributed by atoms with Crippen LogP contribution in [0.1, 0.15) is 32.8 Å². The molecule has 1 amide bonds. The molecule has 28 heavy (non-hydrogen) atoms. The summed E-state index contributed by atoms with van der Waals surface area (Å²) < 4.78 is 11.7. The van der Waals surface area contributed by atoms with Crippen LogP contribution in [0.15, 0.2) is 66.7 Å². The lowest BCUT2D eigenvalue weighted by molar-refractivity contribution is -0.128. The quantitative estimate of drug-likeness (QED) is 0.594. The van der Waals surface area contributed by atoms with E-state index in [1.165, 1.54) is 0 Å². The van der Waals surface area contributed by atoms with Gasteiger partial charge in [0.25, 0.3) is 5.91 Å². The summed E-state index contributed by atoms with van der Waals surface area (Å²) >= 11 is 0. The first-order chi connectivity index (χ1) is 13.6. The van der Waals surface area contributed by atoms with E-state index >= 15 is 0 Å². The summed E-state index contributed by atoms with van der Waals surface area (Å²) in [5.41, 5.74) is 1.02. The molecular weight excluding hydrogens is 350 g/mol. The molecule has 0 fully saturated rings. The molecule has 0 spiro atoms. The van der Waals surface area contributed by atoms with Gasteiger partial charge in [-0.05, 0) is 49.4 Å². The summed E-state index contributed by atoms with van der Waals surface area (Å²) in [6.45, 7) is 6.40. The minimum atomic E-state index is -0.533. The summed E-state index contributed by atoms with van der Waals surface area (Å²) in [6.07, 6.45) is 0.201. The number of carbonyl (C=O) groups excluding carboxylic acids is 1. The van der Waals surface area contributed by atoms with Crippen molar-refractivity contribution < 1.29 is 14.3 Å². The zero-order valence-corrected chi connectivity index (χ0v) is 16.6. The standard InChI is InChI=1S/C24H27NO3/c1-4-22(28-23-11-7-9-19-8-5-6-10-21(19)23)24(26)25-16-18-12-14-20(15-13-18)27-17(2)3/h5-15,17,22H,4,16H2,1-3H3,(H,25,26)/t22-/m0/s1. The normalized spacial score (nSPS) is 12.0. The van der Waals surface area contributed by atoms with E-state index in [1.807, 2.05) is 87.5 Å². The van der Waals surface area contributed by atoms with Gasteiger partial charge in [0.1, 0.15) is 11.5 Å². The van der Waals surface area contributed by atoms with E-state index in [-0.39, 0.29) is 12.0 Å². The molecule has 0 bridgehead atoms. The molecule has 3 aromatic rings. The smallest absolute Gasteiger partial charge is 0.261 e. The van der Waals surface area contributed by atoms with E-state index < -0.39 is 6.10 Å². The van der Waals surface area contributed by atoms with E-state index in [4.69, 9.17) is 9.47 Å². The third kappa shape index (κ3) is 5.03. The van der Waals surface area contributed by atoms with Gasteiger partial charge in [-0.15, -0.1) is 0 Å². The van der Waals surface area contributed by atoms with Crippen LogP contribution >= 0.6 is 0 Å². The highest BCUT2D eigenvalue weighted by Crippen LogP contribution is 2.26.